The lowest BCUT2D eigenvalue weighted by atomic mass is 10.1. The van der Waals surface area contributed by atoms with Gasteiger partial charge in [-0.3, -0.25) is 4.79 Å². The average molecular weight is 493 g/mol. The molecule has 1 aromatic heterocycles. The maximum Gasteiger partial charge on any atom is 0.255 e. The molecule has 0 atom stereocenters. The quantitative estimate of drug-likeness (QED) is 0.342. The number of carbonyl (C=O) groups excluding carboxylic acids is 1. The number of para-hydroxylation sites is 2. The van der Waals surface area contributed by atoms with Gasteiger partial charge >= 0.3 is 0 Å². The number of benzene rings is 3. The first kappa shape index (κ1) is 23.7. The molecular weight excluding hydrogens is 468 g/mol. The summed E-state index contributed by atoms with van der Waals surface area (Å²) >= 11 is 1.23. The number of carbonyl (C=O) groups is 1. The van der Waals surface area contributed by atoms with Crippen LogP contribution >= 0.6 is 11.3 Å². The third-order valence-electron chi connectivity index (χ3n) is 5.19. The van der Waals surface area contributed by atoms with Gasteiger partial charge in [0, 0.05) is 17.0 Å². The van der Waals surface area contributed by atoms with Crippen LogP contribution in [0.3, 0.4) is 0 Å². The molecule has 8 heteroatoms. The van der Waals surface area contributed by atoms with Crippen LogP contribution in [0.5, 0.6) is 5.75 Å². The van der Waals surface area contributed by atoms with Crippen LogP contribution in [0, 0.1) is 6.92 Å². The van der Waals surface area contributed by atoms with E-state index in [1.807, 2.05) is 49.4 Å². The molecule has 0 aliphatic carbocycles. The van der Waals surface area contributed by atoms with Crippen LogP contribution < -0.4 is 14.8 Å². The first-order valence-corrected chi connectivity index (χ1v) is 12.9. The van der Waals surface area contributed by atoms with Gasteiger partial charge in [0.25, 0.3) is 5.91 Å². The Labute approximate surface area is 203 Å². The highest BCUT2D eigenvalue weighted by atomic mass is 32.2. The van der Waals surface area contributed by atoms with E-state index in [1.165, 1.54) is 11.3 Å². The third-order valence-corrected chi connectivity index (χ3v) is 8.21. The van der Waals surface area contributed by atoms with E-state index in [0.717, 1.165) is 21.6 Å². The average Bonchev–Trinajstić information content (AvgIpc) is 3.35. The van der Waals surface area contributed by atoms with Crippen molar-refractivity contribution in [1.82, 2.24) is 4.72 Å². The Morgan fingerprint density at radius 2 is 1.71 bits per heavy atom. The summed E-state index contributed by atoms with van der Waals surface area (Å²) in [6.07, 6.45) is 0. The van der Waals surface area contributed by atoms with Gasteiger partial charge in [-0.15, -0.1) is 11.3 Å². The maximum atomic E-state index is 12.8. The van der Waals surface area contributed by atoms with Gasteiger partial charge in [0.05, 0.1) is 12.8 Å². The molecule has 0 spiro atoms. The fourth-order valence-corrected chi connectivity index (χ4v) is 5.75. The van der Waals surface area contributed by atoms with Crippen molar-refractivity contribution in [3.63, 3.8) is 0 Å². The Morgan fingerprint density at radius 3 is 2.44 bits per heavy atom. The number of aryl methyl sites for hydroxylation is 1. The lowest BCUT2D eigenvalue weighted by molar-refractivity contribution is 0.102. The van der Waals surface area contributed by atoms with Gasteiger partial charge < -0.3 is 10.1 Å². The second-order valence-corrected chi connectivity index (χ2v) is 10.7. The van der Waals surface area contributed by atoms with Crippen molar-refractivity contribution >= 4 is 33.0 Å². The highest BCUT2D eigenvalue weighted by Crippen LogP contribution is 2.31. The molecule has 6 nitrogen and oxygen atoms in total. The summed E-state index contributed by atoms with van der Waals surface area (Å²) in [4.78, 5) is 13.5. The van der Waals surface area contributed by atoms with Crippen molar-refractivity contribution in [3.05, 3.63) is 102 Å². The molecule has 0 fully saturated rings. The molecule has 4 rings (SSSR count). The topological polar surface area (TPSA) is 84.5 Å². The molecule has 2 N–H and O–H groups in total. The normalized spacial score (nSPS) is 11.2. The fraction of sp³-hybridized carbons (Fsp3) is 0.115. The number of thiophene rings is 1. The number of rotatable bonds is 8. The Morgan fingerprint density at radius 1 is 0.941 bits per heavy atom. The number of methoxy groups -OCH3 is 1. The number of hydrogen-bond acceptors (Lipinski definition) is 5. The Hall–Kier alpha value is -3.46. The highest BCUT2D eigenvalue weighted by Gasteiger charge is 2.17. The van der Waals surface area contributed by atoms with Gasteiger partial charge in [0.15, 0.2) is 0 Å². The largest absolute Gasteiger partial charge is 0.495 e. The minimum absolute atomic E-state index is 0.119. The van der Waals surface area contributed by atoms with E-state index in [4.69, 9.17) is 4.74 Å². The minimum Gasteiger partial charge on any atom is -0.495 e. The molecule has 1 amide bonds. The van der Waals surface area contributed by atoms with E-state index in [-0.39, 0.29) is 16.7 Å². The second-order valence-electron chi connectivity index (χ2n) is 7.66. The fourth-order valence-electron chi connectivity index (χ4n) is 3.38. The monoisotopic (exact) mass is 492 g/mol. The van der Waals surface area contributed by atoms with Crippen LogP contribution in [0.15, 0.2) is 89.1 Å². The van der Waals surface area contributed by atoms with Crippen LogP contribution in [0.2, 0.25) is 0 Å². The van der Waals surface area contributed by atoms with Gasteiger partial charge in [0.2, 0.25) is 10.0 Å². The number of nitrogens with one attached hydrogen (secondary N) is 2. The predicted molar refractivity (Wildman–Crippen MR) is 136 cm³/mol. The number of amides is 1. The van der Waals surface area contributed by atoms with Crippen LogP contribution in [0.25, 0.3) is 10.4 Å². The van der Waals surface area contributed by atoms with Crippen LogP contribution in [-0.2, 0) is 16.6 Å². The van der Waals surface area contributed by atoms with E-state index in [2.05, 4.69) is 10.0 Å². The second kappa shape index (κ2) is 10.2. The molecule has 0 aliphatic rings. The first-order valence-electron chi connectivity index (χ1n) is 10.6. The van der Waals surface area contributed by atoms with Crippen molar-refractivity contribution in [2.75, 3.05) is 12.4 Å². The van der Waals surface area contributed by atoms with Gasteiger partial charge in [0.1, 0.15) is 9.96 Å². The number of ether oxygens (including phenoxy) is 1. The van der Waals surface area contributed by atoms with Crippen LogP contribution in [-0.4, -0.2) is 21.4 Å². The molecule has 0 radical (unpaired) electrons. The van der Waals surface area contributed by atoms with E-state index in [0.29, 0.717) is 17.0 Å². The molecule has 34 heavy (non-hydrogen) atoms. The molecule has 0 saturated heterocycles. The Bertz CT molecular complexity index is 1410. The minimum atomic E-state index is -3.66. The van der Waals surface area contributed by atoms with Gasteiger partial charge in [-0.2, -0.15) is 0 Å². The molecule has 0 unspecified atom stereocenters. The van der Waals surface area contributed by atoms with Crippen molar-refractivity contribution in [2.24, 2.45) is 0 Å². The molecule has 0 bridgehead atoms. The number of hydrogen-bond donors (Lipinski definition) is 2. The zero-order valence-corrected chi connectivity index (χ0v) is 20.4. The molecule has 4 aromatic rings. The Kier molecular flexibility index (Phi) is 7.12. The summed E-state index contributed by atoms with van der Waals surface area (Å²) < 4.78 is 33.7. The van der Waals surface area contributed by atoms with E-state index < -0.39 is 10.0 Å². The summed E-state index contributed by atoms with van der Waals surface area (Å²) in [7, 11) is -2.11. The van der Waals surface area contributed by atoms with Gasteiger partial charge in [-0.25, -0.2) is 13.1 Å². The molecular formula is C26H24N2O4S2. The molecule has 1 heterocycles. The van der Waals surface area contributed by atoms with E-state index in [9.17, 15) is 13.2 Å². The van der Waals surface area contributed by atoms with E-state index >= 15 is 0 Å². The van der Waals surface area contributed by atoms with Gasteiger partial charge in [-0.05, 0) is 54.4 Å². The standard InChI is InChI=1S/C26H24N2O4S2/c1-18-6-5-7-21(16-18)24-14-15-25(33-24)34(30,31)27-17-19-10-12-20(13-11-19)26(29)28-22-8-3-4-9-23(22)32-2/h3-16,27H,17H2,1-2H3,(H,28,29). The summed E-state index contributed by atoms with van der Waals surface area (Å²) in [6, 6.07) is 25.3. The van der Waals surface area contributed by atoms with Gasteiger partial charge in [-0.1, -0.05) is 54.1 Å². The molecule has 174 valence electrons. The first-order chi connectivity index (χ1) is 16.4. The van der Waals surface area contributed by atoms with E-state index in [1.54, 1.807) is 49.6 Å². The highest BCUT2D eigenvalue weighted by molar-refractivity contribution is 7.91. The van der Waals surface area contributed by atoms with Crippen molar-refractivity contribution in [3.8, 4) is 16.2 Å². The molecule has 0 aliphatic heterocycles. The predicted octanol–water partition coefficient (Wildman–Crippen LogP) is 5.46. The van der Waals surface area contributed by atoms with Crippen molar-refractivity contribution in [2.45, 2.75) is 17.7 Å². The van der Waals surface area contributed by atoms with Crippen molar-refractivity contribution < 1.29 is 17.9 Å². The number of sulfonamides is 1. The number of anilines is 1. The third kappa shape index (κ3) is 5.53. The van der Waals surface area contributed by atoms with Crippen molar-refractivity contribution in [1.29, 1.82) is 0 Å². The molecule has 0 saturated carbocycles. The molecule has 3 aromatic carbocycles. The Balaban J connectivity index is 1.39. The maximum absolute atomic E-state index is 12.8. The summed E-state index contributed by atoms with van der Waals surface area (Å²) in [6.45, 7) is 2.12. The SMILES string of the molecule is COc1ccccc1NC(=O)c1ccc(CNS(=O)(=O)c2ccc(-c3cccc(C)c3)s2)cc1. The zero-order valence-electron chi connectivity index (χ0n) is 18.7. The van der Waals surface area contributed by atoms with Crippen LogP contribution in [0.1, 0.15) is 21.5 Å². The lowest BCUT2D eigenvalue weighted by Gasteiger charge is -2.10. The lowest BCUT2D eigenvalue weighted by Crippen LogP contribution is -2.22. The summed E-state index contributed by atoms with van der Waals surface area (Å²) in [5, 5.41) is 2.82. The summed E-state index contributed by atoms with van der Waals surface area (Å²) in [5.41, 5.74) is 3.89. The smallest absolute Gasteiger partial charge is 0.255 e. The summed E-state index contributed by atoms with van der Waals surface area (Å²) in [5.74, 6) is 0.292. The van der Waals surface area contributed by atoms with Crippen LogP contribution in [0.4, 0.5) is 5.69 Å². The zero-order chi connectivity index (χ0) is 24.1.